The minimum atomic E-state index is -1.42. The highest BCUT2D eigenvalue weighted by Gasteiger charge is 2.22. The van der Waals surface area contributed by atoms with Crippen LogP contribution in [0.2, 0.25) is 0 Å². The lowest BCUT2D eigenvalue weighted by Gasteiger charge is -2.05. The average molecular weight is 203 g/mol. The molecule has 1 rings (SSSR count). The van der Waals surface area contributed by atoms with Crippen LogP contribution < -0.4 is 5.73 Å². The van der Waals surface area contributed by atoms with Crippen molar-refractivity contribution in [1.29, 1.82) is 0 Å². The SMILES string of the molecule is NCC(=O)c1c(F)c(O)cc(O)c1F. The molecular formula is C8H7F2NO3. The number of phenolic OH excluding ortho intramolecular Hbond substituents is 2. The smallest absolute Gasteiger partial charge is 0.182 e. The van der Waals surface area contributed by atoms with Gasteiger partial charge in [-0.25, -0.2) is 8.78 Å². The number of carbonyl (C=O) groups excluding carboxylic acids is 1. The maximum atomic E-state index is 13.0. The van der Waals surface area contributed by atoms with Crippen molar-refractivity contribution in [1.82, 2.24) is 0 Å². The standard InChI is InChI=1S/C8H7F2NO3/c9-7-3(12)1-4(13)8(10)6(7)5(14)2-11/h1,12-13H,2,11H2. The van der Waals surface area contributed by atoms with E-state index in [0.29, 0.717) is 6.07 Å². The van der Waals surface area contributed by atoms with Crippen LogP contribution in [0, 0.1) is 11.6 Å². The summed E-state index contributed by atoms with van der Waals surface area (Å²) in [5, 5.41) is 17.7. The lowest BCUT2D eigenvalue weighted by atomic mass is 10.1. The number of halogens is 2. The summed E-state index contributed by atoms with van der Waals surface area (Å²) in [6.07, 6.45) is 0. The van der Waals surface area contributed by atoms with Crippen LogP contribution in [0.1, 0.15) is 10.4 Å². The number of carbonyl (C=O) groups is 1. The number of aromatic hydroxyl groups is 2. The minimum absolute atomic E-state index is 0.470. The Morgan fingerprint density at radius 1 is 1.29 bits per heavy atom. The molecule has 0 saturated carbocycles. The summed E-state index contributed by atoms with van der Waals surface area (Å²) in [5.74, 6) is -5.88. The first-order valence-electron chi connectivity index (χ1n) is 3.62. The normalized spacial score (nSPS) is 10.2. The third kappa shape index (κ3) is 1.51. The maximum absolute atomic E-state index is 13.0. The van der Waals surface area contributed by atoms with Gasteiger partial charge in [0, 0.05) is 6.07 Å². The summed E-state index contributed by atoms with van der Waals surface area (Å²) in [7, 11) is 0. The predicted octanol–water partition coefficient (Wildman–Crippen LogP) is 0.517. The zero-order chi connectivity index (χ0) is 10.9. The van der Waals surface area contributed by atoms with Gasteiger partial charge >= 0.3 is 0 Å². The van der Waals surface area contributed by atoms with E-state index in [-0.39, 0.29) is 0 Å². The Morgan fingerprint density at radius 3 is 2.07 bits per heavy atom. The van der Waals surface area contributed by atoms with E-state index in [4.69, 9.17) is 15.9 Å². The van der Waals surface area contributed by atoms with Gasteiger partial charge in [0.15, 0.2) is 28.9 Å². The van der Waals surface area contributed by atoms with Crippen molar-refractivity contribution in [3.05, 3.63) is 23.3 Å². The van der Waals surface area contributed by atoms with Crippen molar-refractivity contribution in [2.75, 3.05) is 6.54 Å². The molecule has 14 heavy (non-hydrogen) atoms. The molecule has 1 aromatic rings. The van der Waals surface area contributed by atoms with Gasteiger partial charge in [-0.3, -0.25) is 4.79 Å². The largest absolute Gasteiger partial charge is 0.505 e. The molecule has 4 nitrogen and oxygen atoms in total. The van der Waals surface area contributed by atoms with Crippen LogP contribution in [0.4, 0.5) is 8.78 Å². The molecule has 0 atom stereocenters. The Balaban J connectivity index is 3.47. The summed E-state index contributed by atoms with van der Waals surface area (Å²) in [5.41, 5.74) is 3.87. The highest BCUT2D eigenvalue weighted by molar-refractivity contribution is 5.98. The van der Waals surface area contributed by atoms with Crippen LogP contribution in [-0.4, -0.2) is 22.5 Å². The van der Waals surface area contributed by atoms with Crippen LogP contribution in [0.5, 0.6) is 11.5 Å². The van der Waals surface area contributed by atoms with Gasteiger partial charge in [-0.1, -0.05) is 0 Å². The number of Topliss-reactive ketones (excluding diaryl/α,β-unsaturated/α-hetero) is 1. The number of hydrogen-bond donors (Lipinski definition) is 3. The minimum Gasteiger partial charge on any atom is -0.505 e. The molecule has 0 spiro atoms. The fourth-order valence-electron chi connectivity index (χ4n) is 0.956. The summed E-state index contributed by atoms with van der Waals surface area (Å²) in [6, 6.07) is 0.470. The van der Waals surface area contributed by atoms with E-state index in [0.717, 1.165) is 0 Å². The van der Waals surface area contributed by atoms with Crippen molar-refractivity contribution in [3.63, 3.8) is 0 Å². The molecule has 0 heterocycles. The molecule has 0 amide bonds. The Morgan fingerprint density at radius 2 is 1.71 bits per heavy atom. The third-order valence-corrected chi connectivity index (χ3v) is 1.63. The molecule has 4 N–H and O–H groups in total. The molecule has 0 aliphatic carbocycles. The van der Waals surface area contributed by atoms with E-state index in [1.165, 1.54) is 0 Å². The van der Waals surface area contributed by atoms with Crippen LogP contribution in [0.15, 0.2) is 6.07 Å². The zero-order valence-electron chi connectivity index (χ0n) is 6.92. The van der Waals surface area contributed by atoms with Gasteiger partial charge in [0.2, 0.25) is 0 Å². The van der Waals surface area contributed by atoms with Crippen LogP contribution in [0.25, 0.3) is 0 Å². The zero-order valence-corrected chi connectivity index (χ0v) is 6.92. The Bertz CT molecular complexity index is 366. The molecule has 76 valence electrons. The van der Waals surface area contributed by atoms with Crippen molar-refractivity contribution < 1.29 is 23.8 Å². The van der Waals surface area contributed by atoms with Gasteiger partial charge in [-0.2, -0.15) is 0 Å². The van der Waals surface area contributed by atoms with E-state index in [9.17, 15) is 13.6 Å². The molecule has 0 fully saturated rings. The van der Waals surface area contributed by atoms with Gasteiger partial charge < -0.3 is 15.9 Å². The Hall–Kier alpha value is -1.69. The Kier molecular flexibility index (Phi) is 2.66. The lowest BCUT2D eigenvalue weighted by molar-refractivity contribution is 0.0991. The number of benzene rings is 1. The summed E-state index contributed by atoms with van der Waals surface area (Å²) >= 11 is 0. The first-order valence-corrected chi connectivity index (χ1v) is 3.62. The van der Waals surface area contributed by atoms with Crippen LogP contribution in [-0.2, 0) is 0 Å². The van der Waals surface area contributed by atoms with E-state index in [1.54, 1.807) is 0 Å². The first-order chi connectivity index (χ1) is 6.49. The van der Waals surface area contributed by atoms with E-state index in [1.807, 2.05) is 0 Å². The average Bonchev–Trinajstić information content (AvgIpc) is 2.15. The van der Waals surface area contributed by atoms with E-state index < -0.39 is 41.0 Å². The fourth-order valence-corrected chi connectivity index (χ4v) is 0.956. The molecule has 0 bridgehead atoms. The molecular weight excluding hydrogens is 196 g/mol. The van der Waals surface area contributed by atoms with Crippen molar-refractivity contribution >= 4 is 5.78 Å². The second kappa shape index (κ2) is 3.59. The monoisotopic (exact) mass is 203 g/mol. The van der Waals surface area contributed by atoms with Crippen LogP contribution in [0.3, 0.4) is 0 Å². The van der Waals surface area contributed by atoms with Crippen molar-refractivity contribution in [3.8, 4) is 11.5 Å². The molecule has 0 aliphatic heterocycles. The molecule has 0 saturated heterocycles. The molecule has 0 aromatic heterocycles. The van der Waals surface area contributed by atoms with Gasteiger partial charge in [0.1, 0.15) is 0 Å². The molecule has 6 heteroatoms. The number of phenols is 2. The third-order valence-electron chi connectivity index (χ3n) is 1.63. The van der Waals surface area contributed by atoms with Crippen molar-refractivity contribution in [2.24, 2.45) is 5.73 Å². The maximum Gasteiger partial charge on any atom is 0.182 e. The second-order valence-corrected chi connectivity index (χ2v) is 2.55. The Labute approximate surface area is 77.6 Å². The molecule has 1 aromatic carbocycles. The summed E-state index contributed by atoms with van der Waals surface area (Å²) in [6.45, 7) is -0.614. The molecule has 0 aliphatic rings. The number of nitrogens with two attached hydrogens (primary N) is 1. The van der Waals surface area contributed by atoms with Gasteiger partial charge in [-0.15, -0.1) is 0 Å². The van der Waals surface area contributed by atoms with E-state index in [2.05, 4.69) is 0 Å². The van der Waals surface area contributed by atoms with Crippen LogP contribution >= 0.6 is 0 Å². The molecule has 0 unspecified atom stereocenters. The first kappa shape index (κ1) is 10.4. The predicted molar refractivity (Wildman–Crippen MR) is 43.1 cm³/mol. The summed E-state index contributed by atoms with van der Waals surface area (Å²) < 4.78 is 26.0. The van der Waals surface area contributed by atoms with E-state index >= 15 is 0 Å². The van der Waals surface area contributed by atoms with Gasteiger partial charge in [0.05, 0.1) is 12.1 Å². The quantitative estimate of drug-likeness (QED) is 0.612. The second-order valence-electron chi connectivity index (χ2n) is 2.55. The number of hydrogen-bond acceptors (Lipinski definition) is 4. The van der Waals surface area contributed by atoms with Crippen molar-refractivity contribution in [2.45, 2.75) is 0 Å². The molecule has 0 radical (unpaired) electrons. The topological polar surface area (TPSA) is 83.6 Å². The summed E-state index contributed by atoms with van der Waals surface area (Å²) in [4.78, 5) is 10.9. The highest BCUT2D eigenvalue weighted by atomic mass is 19.1. The van der Waals surface area contributed by atoms with Gasteiger partial charge in [0.25, 0.3) is 0 Å². The highest BCUT2D eigenvalue weighted by Crippen LogP contribution is 2.29. The van der Waals surface area contributed by atoms with Gasteiger partial charge in [-0.05, 0) is 0 Å². The number of rotatable bonds is 2. The number of ketones is 1. The fraction of sp³-hybridized carbons (Fsp3) is 0.125. The lowest BCUT2D eigenvalue weighted by Crippen LogP contribution is -2.17.